The number of nitrogens with zero attached hydrogens (tertiary/aromatic N) is 3. The van der Waals surface area contributed by atoms with E-state index in [-0.39, 0.29) is 0 Å². The summed E-state index contributed by atoms with van der Waals surface area (Å²) in [4.78, 5) is 9.46. The first-order chi connectivity index (χ1) is 9.10. The van der Waals surface area contributed by atoms with Gasteiger partial charge < -0.3 is 15.1 Å². The summed E-state index contributed by atoms with van der Waals surface area (Å²) in [5.41, 5.74) is 2.41. The molecule has 1 aliphatic rings. The van der Waals surface area contributed by atoms with Gasteiger partial charge in [0, 0.05) is 25.3 Å². The number of nitrogens with one attached hydrogen (secondary N) is 1. The molecule has 0 aliphatic carbocycles. The van der Waals surface area contributed by atoms with Crippen LogP contribution >= 0.6 is 0 Å². The van der Waals surface area contributed by atoms with Crippen LogP contribution in [-0.2, 0) is 6.54 Å². The maximum absolute atomic E-state index is 4.69. The molecule has 0 saturated carbocycles. The molecule has 0 bridgehead atoms. The highest BCUT2D eigenvalue weighted by atomic mass is 15.2. The Hall–Kier alpha value is -1.13. The van der Waals surface area contributed by atoms with Gasteiger partial charge in [0.25, 0.3) is 0 Å². The number of anilines is 1. The molecule has 1 N–H and O–H groups in total. The van der Waals surface area contributed by atoms with Gasteiger partial charge in [-0.1, -0.05) is 0 Å². The number of aromatic nitrogens is 1. The normalized spacial score (nSPS) is 17.7. The van der Waals surface area contributed by atoms with Crippen molar-refractivity contribution in [3.05, 3.63) is 23.4 Å². The molecule has 0 aromatic carbocycles. The van der Waals surface area contributed by atoms with Crippen LogP contribution in [0, 0.1) is 6.92 Å². The molecule has 0 amide bonds. The number of rotatable bonds is 4. The lowest BCUT2D eigenvalue weighted by atomic mass is 10.0. The minimum Gasteiger partial charge on any atom is -0.357 e. The Balaban J connectivity index is 2.11. The molecule has 1 fully saturated rings. The highest BCUT2D eigenvalue weighted by Gasteiger charge is 2.21. The molecule has 2 heterocycles. The first kappa shape index (κ1) is 14.3. The van der Waals surface area contributed by atoms with Crippen molar-refractivity contribution in [2.75, 3.05) is 39.1 Å². The van der Waals surface area contributed by atoms with Crippen LogP contribution < -0.4 is 10.2 Å². The van der Waals surface area contributed by atoms with Crippen LogP contribution in [0.2, 0.25) is 0 Å². The summed E-state index contributed by atoms with van der Waals surface area (Å²) in [6, 6.07) is 4.98. The maximum Gasteiger partial charge on any atom is 0.129 e. The number of likely N-dealkylation sites (tertiary alicyclic amines) is 1. The SMILES string of the molecule is CNCc1cc(C)nc(N(C)C2CCN(C)CC2)c1. The molecular weight excluding hydrogens is 236 g/mol. The summed E-state index contributed by atoms with van der Waals surface area (Å²) >= 11 is 0. The molecule has 1 aliphatic heterocycles. The van der Waals surface area contributed by atoms with Gasteiger partial charge in [0.15, 0.2) is 0 Å². The predicted octanol–water partition coefficient (Wildman–Crippen LogP) is 1.64. The highest BCUT2D eigenvalue weighted by Crippen LogP contribution is 2.21. The lowest BCUT2D eigenvalue weighted by molar-refractivity contribution is 0.252. The van der Waals surface area contributed by atoms with Crippen LogP contribution in [-0.4, -0.2) is 50.2 Å². The smallest absolute Gasteiger partial charge is 0.129 e. The van der Waals surface area contributed by atoms with E-state index < -0.39 is 0 Å². The number of pyridine rings is 1. The average molecular weight is 262 g/mol. The summed E-state index contributed by atoms with van der Waals surface area (Å²) in [6.45, 7) is 5.34. The Labute approximate surface area is 116 Å². The van der Waals surface area contributed by atoms with Crippen LogP contribution in [0.4, 0.5) is 5.82 Å². The minimum atomic E-state index is 0.618. The van der Waals surface area contributed by atoms with Gasteiger partial charge in [-0.3, -0.25) is 0 Å². The first-order valence-corrected chi connectivity index (χ1v) is 7.13. The lowest BCUT2D eigenvalue weighted by Gasteiger charge is -2.36. The van der Waals surface area contributed by atoms with Gasteiger partial charge in [0.05, 0.1) is 0 Å². The van der Waals surface area contributed by atoms with Crippen LogP contribution in [0.1, 0.15) is 24.1 Å². The van der Waals surface area contributed by atoms with Gasteiger partial charge in [-0.15, -0.1) is 0 Å². The van der Waals surface area contributed by atoms with Crippen LogP contribution in [0.25, 0.3) is 0 Å². The molecule has 19 heavy (non-hydrogen) atoms. The van der Waals surface area contributed by atoms with Gasteiger partial charge in [0.2, 0.25) is 0 Å². The summed E-state index contributed by atoms with van der Waals surface area (Å²) in [6.07, 6.45) is 2.45. The van der Waals surface area contributed by atoms with Crippen LogP contribution in [0.15, 0.2) is 12.1 Å². The fraction of sp³-hybridized carbons (Fsp3) is 0.667. The Morgan fingerprint density at radius 2 is 2.05 bits per heavy atom. The summed E-state index contributed by atoms with van der Waals surface area (Å²) in [7, 11) is 6.36. The Bertz CT molecular complexity index is 411. The van der Waals surface area contributed by atoms with Crippen molar-refractivity contribution in [3.8, 4) is 0 Å². The van der Waals surface area contributed by atoms with E-state index in [9.17, 15) is 0 Å². The van der Waals surface area contributed by atoms with Crippen molar-refractivity contribution in [1.82, 2.24) is 15.2 Å². The molecule has 0 atom stereocenters. The second-order valence-electron chi connectivity index (χ2n) is 5.65. The van der Waals surface area contributed by atoms with Gasteiger partial charge in [-0.25, -0.2) is 4.98 Å². The third kappa shape index (κ3) is 3.67. The van der Waals surface area contributed by atoms with Crippen molar-refractivity contribution in [3.63, 3.8) is 0 Å². The van der Waals surface area contributed by atoms with Crippen molar-refractivity contribution in [2.24, 2.45) is 0 Å². The molecule has 0 radical (unpaired) electrons. The van der Waals surface area contributed by atoms with Gasteiger partial charge in [0.1, 0.15) is 5.82 Å². The van der Waals surface area contributed by atoms with Crippen molar-refractivity contribution in [2.45, 2.75) is 32.4 Å². The van der Waals surface area contributed by atoms with Gasteiger partial charge in [-0.2, -0.15) is 0 Å². The summed E-state index contributed by atoms with van der Waals surface area (Å²) in [5.74, 6) is 1.11. The van der Waals surface area contributed by atoms with E-state index in [2.05, 4.69) is 48.3 Å². The molecule has 106 valence electrons. The molecule has 4 nitrogen and oxygen atoms in total. The zero-order valence-corrected chi connectivity index (χ0v) is 12.6. The Morgan fingerprint density at radius 1 is 1.37 bits per heavy atom. The quantitative estimate of drug-likeness (QED) is 0.894. The highest BCUT2D eigenvalue weighted by molar-refractivity contribution is 5.43. The van der Waals surface area contributed by atoms with E-state index in [0.29, 0.717) is 6.04 Å². The second-order valence-corrected chi connectivity index (χ2v) is 5.65. The average Bonchev–Trinajstić information content (AvgIpc) is 2.38. The van der Waals surface area contributed by atoms with Crippen molar-refractivity contribution >= 4 is 5.82 Å². The molecule has 4 heteroatoms. The number of piperidine rings is 1. The van der Waals surface area contributed by atoms with Crippen molar-refractivity contribution < 1.29 is 0 Å². The monoisotopic (exact) mass is 262 g/mol. The first-order valence-electron chi connectivity index (χ1n) is 7.13. The second kappa shape index (κ2) is 6.35. The Kier molecular flexibility index (Phi) is 4.77. The molecule has 0 spiro atoms. The van der Waals surface area contributed by atoms with E-state index in [1.165, 1.54) is 31.5 Å². The largest absolute Gasteiger partial charge is 0.357 e. The van der Waals surface area contributed by atoms with E-state index in [0.717, 1.165) is 18.1 Å². The molecule has 1 saturated heterocycles. The van der Waals surface area contributed by atoms with E-state index >= 15 is 0 Å². The zero-order chi connectivity index (χ0) is 13.8. The maximum atomic E-state index is 4.69. The predicted molar refractivity (Wildman–Crippen MR) is 80.7 cm³/mol. The van der Waals surface area contributed by atoms with Crippen LogP contribution in [0.5, 0.6) is 0 Å². The Morgan fingerprint density at radius 3 is 2.68 bits per heavy atom. The fourth-order valence-electron chi connectivity index (χ4n) is 2.78. The van der Waals surface area contributed by atoms with Crippen LogP contribution in [0.3, 0.4) is 0 Å². The standard InChI is InChI=1S/C15H26N4/c1-12-9-13(11-16-2)10-15(17-12)19(4)14-5-7-18(3)8-6-14/h9-10,14,16H,5-8,11H2,1-4H3. The summed E-state index contributed by atoms with van der Waals surface area (Å²) < 4.78 is 0. The topological polar surface area (TPSA) is 31.4 Å². The van der Waals surface area contributed by atoms with Gasteiger partial charge in [-0.05, 0) is 64.6 Å². The molecule has 1 aromatic heterocycles. The van der Waals surface area contributed by atoms with E-state index in [1.54, 1.807) is 0 Å². The van der Waals surface area contributed by atoms with Crippen molar-refractivity contribution in [1.29, 1.82) is 0 Å². The zero-order valence-electron chi connectivity index (χ0n) is 12.6. The van der Waals surface area contributed by atoms with E-state index in [1.807, 2.05) is 7.05 Å². The number of aryl methyl sites for hydroxylation is 1. The third-order valence-electron chi connectivity index (χ3n) is 3.98. The fourth-order valence-corrected chi connectivity index (χ4v) is 2.78. The molecule has 0 unspecified atom stereocenters. The van der Waals surface area contributed by atoms with E-state index in [4.69, 9.17) is 4.98 Å². The third-order valence-corrected chi connectivity index (χ3v) is 3.98. The van der Waals surface area contributed by atoms with Gasteiger partial charge >= 0.3 is 0 Å². The number of hydrogen-bond acceptors (Lipinski definition) is 4. The molecule has 1 aromatic rings. The minimum absolute atomic E-state index is 0.618. The molecular formula is C15H26N4. The summed E-state index contributed by atoms with van der Waals surface area (Å²) in [5, 5.41) is 3.21. The molecule has 2 rings (SSSR count). The lowest BCUT2D eigenvalue weighted by Crippen LogP contribution is -2.42. The number of hydrogen-bond donors (Lipinski definition) is 1.